The number of sulfonamides is 1. The third kappa shape index (κ3) is 4.15. The molecule has 3 rings (SSSR count). The van der Waals surface area contributed by atoms with E-state index in [1.165, 1.54) is 27.5 Å². The van der Waals surface area contributed by atoms with E-state index in [0.717, 1.165) is 18.5 Å². The van der Waals surface area contributed by atoms with Crippen molar-refractivity contribution in [1.82, 2.24) is 5.32 Å². The van der Waals surface area contributed by atoms with Crippen LogP contribution in [0.5, 0.6) is 0 Å². The number of carbonyl (C=O) groups is 1. The number of carbonyl (C=O) groups excluding carboxylic acids is 1. The molecule has 1 amide bonds. The smallest absolute Gasteiger partial charge is 0.275 e. The maximum Gasteiger partial charge on any atom is 0.275 e. The van der Waals surface area contributed by atoms with Crippen molar-refractivity contribution in [3.05, 3.63) is 51.7 Å². The number of benzene rings is 1. The van der Waals surface area contributed by atoms with Gasteiger partial charge in [-0.25, -0.2) is 13.6 Å². The number of hydrogen-bond acceptors (Lipinski definition) is 4. The maximum absolute atomic E-state index is 12.5. The van der Waals surface area contributed by atoms with Gasteiger partial charge in [-0.2, -0.15) is 0 Å². The molecule has 1 unspecified atom stereocenters. The average Bonchev–Trinajstić information content (AvgIpc) is 3.06. The van der Waals surface area contributed by atoms with E-state index in [4.69, 9.17) is 5.14 Å². The van der Waals surface area contributed by atoms with E-state index in [9.17, 15) is 13.2 Å². The van der Waals surface area contributed by atoms with Crippen LogP contribution in [0.1, 0.15) is 41.9 Å². The third-order valence-electron chi connectivity index (χ3n) is 5.01. The molecule has 2 heterocycles. The number of hydrogen-bond donors (Lipinski definition) is 3. The Morgan fingerprint density at radius 2 is 2.04 bits per heavy atom. The summed E-state index contributed by atoms with van der Waals surface area (Å²) in [4.78, 5) is 15.2. The van der Waals surface area contributed by atoms with E-state index >= 15 is 0 Å². The predicted molar refractivity (Wildman–Crippen MR) is 102 cm³/mol. The number of nitrogens with two attached hydrogens (primary N) is 1. The number of primary sulfonamides is 1. The fourth-order valence-corrected chi connectivity index (χ4v) is 4.91. The molecular formula is C18H24N3O3S2+. The molecule has 8 heteroatoms. The Kier molecular flexibility index (Phi) is 5.47. The van der Waals surface area contributed by atoms with Crippen LogP contribution in [0.4, 0.5) is 0 Å². The van der Waals surface area contributed by atoms with Crippen LogP contribution in [0.15, 0.2) is 40.6 Å². The molecule has 3 atom stereocenters. The molecule has 0 radical (unpaired) electrons. The topological polar surface area (TPSA) is 93.7 Å². The number of rotatable bonds is 5. The van der Waals surface area contributed by atoms with Gasteiger partial charge < -0.3 is 10.2 Å². The van der Waals surface area contributed by atoms with Crippen LogP contribution < -0.4 is 15.4 Å². The molecule has 0 saturated heterocycles. The lowest BCUT2D eigenvalue weighted by Gasteiger charge is -2.30. The van der Waals surface area contributed by atoms with E-state index in [1.807, 2.05) is 6.92 Å². The minimum Gasteiger partial charge on any atom is -0.345 e. The zero-order valence-corrected chi connectivity index (χ0v) is 16.5. The van der Waals surface area contributed by atoms with Crippen LogP contribution in [0.3, 0.4) is 0 Å². The monoisotopic (exact) mass is 394 g/mol. The molecule has 0 saturated carbocycles. The van der Waals surface area contributed by atoms with Crippen molar-refractivity contribution >= 4 is 27.3 Å². The van der Waals surface area contributed by atoms with Gasteiger partial charge in [0.2, 0.25) is 10.0 Å². The summed E-state index contributed by atoms with van der Waals surface area (Å²) in [6.45, 7) is 5.44. The molecule has 1 aromatic carbocycles. The number of amides is 1. The number of fused-ring (bicyclic) bond motifs is 1. The zero-order valence-electron chi connectivity index (χ0n) is 14.9. The van der Waals surface area contributed by atoms with Crippen molar-refractivity contribution < 1.29 is 18.1 Å². The lowest BCUT2D eigenvalue weighted by molar-refractivity contribution is -0.924. The van der Waals surface area contributed by atoms with Gasteiger partial charge in [0.1, 0.15) is 6.04 Å². The van der Waals surface area contributed by atoms with E-state index in [2.05, 4.69) is 23.7 Å². The summed E-state index contributed by atoms with van der Waals surface area (Å²) < 4.78 is 22.6. The van der Waals surface area contributed by atoms with Crippen molar-refractivity contribution in [2.45, 2.75) is 37.2 Å². The quantitative estimate of drug-likeness (QED) is 0.699. The molecule has 1 aliphatic heterocycles. The Labute approximate surface area is 158 Å². The van der Waals surface area contributed by atoms with Crippen LogP contribution in [-0.2, 0) is 21.2 Å². The first-order chi connectivity index (χ1) is 12.3. The first-order valence-electron chi connectivity index (χ1n) is 8.58. The second-order valence-electron chi connectivity index (χ2n) is 6.76. The molecule has 0 spiro atoms. The van der Waals surface area contributed by atoms with Gasteiger partial charge in [-0.15, -0.1) is 11.3 Å². The fourth-order valence-electron chi connectivity index (χ4n) is 3.42. The van der Waals surface area contributed by atoms with Crippen molar-refractivity contribution in [1.29, 1.82) is 0 Å². The van der Waals surface area contributed by atoms with Gasteiger partial charge in [-0.1, -0.05) is 12.1 Å². The minimum absolute atomic E-state index is 0.00597. The van der Waals surface area contributed by atoms with Crippen molar-refractivity contribution in [3.8, 4) is 0 Å². The highest BCUT2D eigenvalue weighted by atomic mass is 32.2. The van der Waals surface area contributed by atoms with Gasteiger partial charge in [0, 0.05) is 16.9 Å². The summed E-state index contributed by atoms with van der Waals surface area (Å²) in [5.74, 6) is -0.00597. The van der Waals surface area contributed by atoms with Gasteiger partial charge in [-0.3, -0.25) is 4.79 Å². The summed E-state index contributed by atoms with van der Waals surface area (Å²) in [5, 5.41) is 10.2. The van der Waals surface area contributed by atoms with Crippen LogP contribution in [0.2, 0.25) is 0 Å². The zero-order chi connectivity index (χ0) is 18.9. The largest absolute Gasteiger partial charge is 0.345 e. The molecule has 26 heavy (non-hydrogen) atoms. The van der Waals surface area contributed by atoms with Crippen LogP contribution in [-0.4, -0.2) is 27.4 Å². The Balaban J connectivity index is 1.60. The predicted octanol–water partition coefficient (Wildman–Crippen LogP) is 0.775. The first kappa shape index (κ1) is 19.0. The molecule has 1 aromatic heterocycles. The lowest BCUT2D eigenvalue weighted by atomic mass is 10.0. The van der Waals surface area contributed by atoms with Crippen molar-refractivity contribution in [3.63, 3.8) is 0 Å². The Bertz CT molecular complexity index is 891. The van der Waals surface area contributed by atoms with Crippen molar-refractivity contribution in [2.75, 3.05) is 13.1 Å². The first-order valence-corrected chi connectivity index (χ1v) is 11.0. The van der Waals surface area contributed by atoms with Gasteiger partial charge in [0.25, 0.3) is 5.91 Å². The Morgan fingerprint density at radius 1 is 1.35 bits per heavy atom. The molecule has 0 bridgehead atoms. The minimum atomic E-state index is -3.70. The van der Waals surface area contributed by atoms with Gasteiger partial charge >= 0.3 is 0 Å². The Morgan fingerprint density at radius 3 is 2.69 bits per heavy atom. The molecule has 0 fully saturated rings. The standard InChI is InChI=1S/C18H23N3O3S2/c1-12(14-3-5-15(6-4-14)26(19,23)24)20-18(22)11-21-9-7-17-16(13(21)2)8-10-25-17/h3-6,8,10,12-13H,7,9,11H2,1-2H3,(H,20,22)(H2,19,23,24)/p+1/t12-,13-/m0/s1. The van der Waals surface area contributed by atoms with Crippen LogP contribution in [0.25, 0.3) is 0 Å². The van der Waals surface area contributed by atoms with Gasteiger partial charge in [0.05, 0.1) is 17.5 Å². The van der Waals surface area contributed by atoms with Crippen molar-refractivity contribution in [2.24, 2.45) is 5.14 Å². The second-order valence-corrected chi connectivity index (χ2v) is 9.32. The molecule has 6 nitrogen and oxygen atoms in total. The van der Waals surface area contributed by atoms with Gasteiger partial charge in [0.15, 0.2) is 6.54 Å². The van der Waals surface area contributed by atoms with Crippen LogP contribution in [0, 0.1) is 0 Å². The molecule has 2 aromatic rings. The highest BCUT2D eigenvalue weighted by Crippen LogP contribution is 2.24. The lowest BCUT2D eigenvalue weighted by Crippen LogP contribution is -3.14. The average molecular weight is 395 g/mol. The number of nitrogens with one attached hydrogen (secondary N) is 2. The van der Waals surface area contributed by atoms with E-state index < -0.39 is 10.0 Å². The maximum atomic E-state index is 12.5. The summed E-state index contributed by atoms with van der Waals surface area (Å²) in [6, 6.07) is 8.56. The normalized spacial score (nSPS) is 21.0. The van der Waals surface area contributed by atoms with E-state index in [0.29, 0.717) is 12.6 Å². The molecule has 1 aliphatic rings. The SMILES string of the molecule is C[C@H](NC(=O)C[NH+]1CCc2sccc2[C@@H]1C)c1ccc(S(N)(=O)=O)cc1. The summed E-state index contributed by atoms with van der Waals surface area (Å²) >= 11 is 1.80. The molecule has 0 aliphatic carbocycles. The van der Waals surface area contributed by atoms with E-state index in [1.54, 1.807) is 23.5 Å². The Hall–Kier alpha value is -1.74. The number of thiophene rings is 1. The summed E-state index contributed by atoms with van der Waals surface area (Å²) in [6.07, 6.45) is 1.02. The van der Waals surface area contributed by atoms with Gasteiger partial charge in [-0.05, 0) is 43.0 Å². The molecule has 4 N–H and O–H groups in total. The second kappa shape index (κ2) is 7.48. The molecular weight excluding hydrogens is 370 g/mol. The van der Waals surface area contributed by atoms with E-state index in [-0.39, 0.29) is 16.8 Å². The highest BCUT2D eigenvalue weighted by molar-refractivity contribution is 7.89. The fraction of sp³-hybridized carbons (Fsp3) is 0.389. The molecule has 140 valence electrons. The summed E-state index contributed by atoms with van der Waals surface area (Å²) in [7, 11) is -3.70. The summed E-state index contributed by atoms with van der Waals surface area (Å²) in [5.41, 5.74) is 2.20. The highest BCUT2D eigenvalue weighted by Gasteiger charge is 2.29. The third-order valence-corrected chi connectivity index (χ3v) is 6.93. The number of quaternary nitrogens is 1. The van der Waals surface area contributed by atoms with Crippen LogP contribution >= 0.6 is 11.3 Å².